The van der Waals surface area contributed by atoms with Crippen LogP contribution >= 0.6 is 11.6 Å². The third-order valence-corrected chi connectivity index (χ3v) is 4.74. The summed E-state index contributed by atoms with van der Waals surface area (Å²) in [5.41, 5.74) is 0.941. The topological polar surface area (TPSA) is 32.8 Å². The van der Waals surface area contributed by atoms with Crippen molar-refractivity contribution in [3.05, 3.63) is 29.3 Å². The van der Waals surface area contributed by atoms with Crippen LogP contribution in [0, 0.1) is 5.41 Å². The van der Waals surface area contributed by atoms with E-state index in [4.69, 9.17) is 16.3 Å². The molecule has 0 N–H and O–H groups in total. The normalized spacial score (nSPS) is 27.0. The Balaban J connectivity index is 1.55. The van der Waals surface area contributed by atoms with Gasteiger partial charge in [-0.15, -0.1) is 0 Å². The summed E-state index contributed by atoms with van der Waals surface area (Å²) in [6, 6.07) is 7.99. The minimum absolute atomic E-state index is 0.275. The first-order chi connectivity index (χ1) is 10.2. The Hall–Kier alpha value is -1.10. The molecule has 2 fully saturated rings. The number of hydrogen-bond donors (Lipinski definition) is 0. The summed E-state index contributed by atoms with van der Waals surface area (Å²) in [7, 11) is 0. The lowest BCUT2D eigenvalue weighted by Gasteiger charge is -2.38. The minimum Gasteiger partial charge on any atom is -0.380 e. The SMILES string of the molecule is O=CC1(CN2CCN(c3ccc(Cl)cc3)CC2)CCOC1. The number of aldehydes is 1. The number of ether oxygens (including phenoxy) is 1. The average molecular weight is 309 g/mol. The van der Waals surface area contributed by atoms with Crippen LogP contribution in [0.2, 0.25) is 5.02 Å². The van der Waals surface area contributed by atoms with E-state index in [1.165, 1.54) is 5.69 Å². The van der Waals surface area contributed by atoms with Gasteiger partial charge in [0.25, 0.3) is 0 Å². The van der Waals surface area contributed by atoms with Gasteiger partial charge in [0, 0.05) is 50.0 Å². The third-order valence-electron chi connectivity index (χ3n) is 4.49. The zero-order valence-electron chi connectivity index (χ0n) is 12.1. The molecule has 0 amide bonds. The Morgan fingerprint density at radius 1 is 1.19 bits per heavy atom. The van der Waals surface area contributed by atoms with Gasteiger partial charge in [-0.1, -0.05) is 11.6 Å². The van der Waals surface area contributed by atoms with E-state index in [-0.39, 0.29) is 5.41 Å². The number of carbonyl (C=O) groups is 1. The molecule has 114 valence electrons. The van der Waals surface area contributed by atoms with Crippen molar-refractivity contribution in [2.45, 2.75) is 6.42 Å². The number of nitrogens with zero attached hydrogens (tertiary/aromatic N) is 2. The summed E-state index contributed by atoms with van der Waals surface area (Å²) in [4.78, 5) is 16.1. The molecule has 2 heterocycles. The highest BCUT2D eigenvalue weighted by molar-refractivity contribution is 6.30. The monoisotopic (exact) mass is 308 g/mol. The molecule has 0 spiro atoms. The van der Waals surface area contributed by atoms with Gasteiger partial charge in [0.1, 0.15) is 6.29 Å². The Morgan fingerprint density at radius 2 is 1.90 bits per heavy atom. The van der Waals surface area contributed by atoms with Crippen LogP contribution in [0.25, 0.3) is 0 Å². The summed E-state index contributed by atoms with van der Waals surface area (Å²) in [5, 5.41) is 0.770. The summed E-state index contributed by atoms with van der Waals surface area (Å²) in [6.07, 6.45) is 1.96. The second-order valence-electron chi connectivity index (χ2n) is 6.02. The van der Waals surface area contributed by atoms with Gasteiger partial charge >= 0.3 is 0 Å². The zero-order valence-corrected chi connectivity index (χ0v) is 12.9. The molecule has 2 saturated heterocycles. The first-order valence-electron chi connectivity index (χ1n) is 7.48. The maximum Gasteiger partial charge on any atom is 0.129 e. The lowest BCUT2D eigenvalue weighted by atomic mass is 9.88. The number of rotatable bonds is 4. The molecule has 0 aromatic heterocycles. The van der Waals surface area contributed by atoms with Crippen LogP contribution in [-0.4, -0.2) is 57.1 Å². The van der Waals surface area contributed by atoms with Crippen molar-refractivity contribution in [3.63, 3.8) is 0 Å². The Morgan fingerprint density at radius 3 is 2.48 bits per heavy atom. The van der Waals surface area contributed by atoms with Crippen molar-refractivity contribution in [2.24, 2.45) is 5.41 Å². The number of hydrogen-bond acceptors (Lipinski definition) is 4. The molecule has 2 aliphatic rings. The second-order valence-corrected chi connectivity index (χ2v) is 6.46. The van der Waals surface area contributed by atoms with Crippen molar-refractivity contribution in [1.82, 2.24) is 4.90 Å². The fourth-order valence-electron chi connectivity index (χ4n) is 3.14. The van der Waals surface area contributed by atoms with E-state index in [0.717, 1.165) is 50.5 Å². The summed E-state index contributed by atoms with van der Waals surface area (Å²) < 4.78 is 5.41. The molecule has 3 rings (SSSR count). The number of carbonyl (C=O) groups excluding carboxylic acids is 1. The van der Waals surface area contributed by atoms with Crippen molar-refractivity contribution in [1.29, 1.82) is 0 Å². The van der Waals surface area contributed by atoms with Crippen LogP contribution in [0.15, 0.2) is 24.3 Å². The van der Waals surface area contributed by atoms with Gasteiger partial charge in [0.05, 0.1) is 12.0 Å². The predicted molar refractivity (Wildman–Crippen MR) is 84.0 cm³/mol. The highest BCUT2D eigenvalue weighted by atomic mass is 35.5. The first-order valence-corrected chi connectivity index (χ1v) is 7.86. The molecule has 0 bridgehead atoms. The van der Waals surface area contributed by atoms with Gasteiger partial charge in [-0.25, -0.2) is 0 Å². The molecule has 2 aliphatic heterocycles. The quantitative estimate of drug-likeness (QED) is 0.797. The van der Waals surface area contributed by atoms with E-state index < -0.39 is 0 Å². The van der Waals surface area contributed by atoms with E-state index in [0.29, 0.717) is 13.2 Å². The lowest BCUT2D eigenvalue weighted by Crippen LogP contribution is -2.50. The van der Waals surface area contributed by atoms with Gasteiger partial charge in [-0.3, -0.25) is 4.90 Å². The largest absolute Gasteiger partial charge is 0.380 e. The standard InChI is InChI=1S/C16H21ClN2O2/c17-14-1-3-15(4-2-14)19-8-6-18(7-9-19)11-16(12-20)5-10-21-13-16/h1-4,12H,5-11,13H2. The van der Waals surface area contributed by atoms with Crippen LogP contribution in [-0.2, 0) is 9.53 Å². The molecule has 0 aliphatic carbocycles. The van der Waals surface area contributed by atoms with Crippen LogP contribution in [0.5, 0.6) is 0 Å². The summed E-state index contributed by atoms with van der Waals surface area (Å²) in [5.74, 6) is 0. The van der Waals surface area contributed by atoms with E-state index in [2.05, 4.69) is 21.9 Å². The number of anilines is 1. The maximum atomic E-state index is 11.4. The zero-order chi connectivity index (χ0) is 14.7. The fourth-order valence-corrected chi connectivity index (χ4v) is 3.27. The highest BCUT2D eigenvalue weighted by Crippen LogP contribution is 2.28. The van der Waals surface area contributed by atoms with E-state index in [9.17, 15) is 4.79 Å². The van der Waals surface area contributed by atoms with Gasteiger partial charge < -0.3 is 14.4 Å². The maximum absolute atomic E-state index is 11.4. The van der Waals surface area contributed by atoms with E-state index >= 15 is 0 Å². The molecule has 0 saturated carbocycles. The second kappa shape index (κ2) is 6.34. The van der Waals surface area contributed by atoms with Crippen molar-refractivity contribution < 1.29 is 9.53 Å². The van der Waals surface area contributed by atoms with Crippen molar-refractivity contribution in [2.75, 3.05) is 50.8 Å². The Bertz CT molecular complexity index is 478. The minimum atomic E-state index is -0.275. The van der Waals surface area contributed by atoms with Gasteiger partial charge in [-0.2, -0.15) is 0 Å². The highest BCUT2D eigenvalue weighted by Gasteiger charge is 2.37. The van der Waals surface area contributed by atoms with Crippen LogP contribution in [0.4, 0.5) is 5.69 Å². The number of benzene rings is 1. The summed E-state index contributed by atoms with van der Waals surface area (Å²) >= 11 is 5.93. The predicted octanol–water partition coefficient (Wildman–Crippen LogP) is 2.07. The molecule has 1 atom stereocenters. The lowest BCUT2D eigenvalue weighted by molar-refractivity contribution is -0.117. The van der Waals surface area contributed by atoms with E-state index in [1.807, 2.05) is 12.1 Å². The van der Waals surface area contributed by atoms with Gasteiger partial charge in [-0.05, 0) is 30.7 Å². The molecule has 0 radical (unpaired) electrons. The molecule has 1 unspecified atom stereocenters. The smallest absolute Gasteiger partial charge is 0.129 e. The van der Waals surface area contributed by atoms with Gasteiger partial charge in [0.2, 0.25) is 0 Å². The Kier molecular flexibility index (Phi) is 4.48. The molecule has 1 aromatic carbocycles. The first kappa shape index (κ1) is 14.8. The molecule has 5 heteroatoms. The molecular weight excluding hydrogens is 288 g/mol. The molecule has 21 heavy (non-hydrogen) atoms. The average Bonchev–Trinajstić information content (AvgIpc) is 2.98. The summed E-state index contributed by atoms with van der Waals surface area (Å²) in [6.45, 7) is 6.05. The van der Waals surface area contributed by atoms with E-state index in [1.54, 1.807) is 0 Å². The number of piperazine rings is 1. The molecule has 4 nitrogen and oxygen atoms in total. The molecular formula is C16H21ClN2O2. The van der Waals surface area contributed by atoms with Crippen molar-refractivity contribution >= 4 is 23.6 Å². The fraction of sp³-hybridized carbons (Fsp3) is 0.562. The van der Waals surface area contributed by atoms with Crippen LogP contribution in [0.3, 0.4) is 0 Å². The van der Waals surface area contributed by atoms with Crippen LogP contribution < -0.4 is 4.90 Å². The van der Waals surface area contributed by atoms with Gasteiger partial charge in [0.15, 0.2) is 0 Å². The number of halogens is 1. The third kappa shape index (κ3) is 3.39. The Labute approximate surface area is 130 Å². The molecule has 1 aromatic rings. The van der Waals surface area contributed by atoms with Crippen LogP contribution in [0.1, 0.15) is 6.42 Å². The van der Waals surface area contributed by atoms with Crippen molar-refractivity contribution in [3.8, 4) is 0 Å².